The van der Waals surface area contributed by atoms with E-state index in [2.05, 4.69) is 10.2 Å². The number of sulfonamides is 1. The Bertz CT molecular complexity index is 841. The van der Waals surface area contributed by atoms with E-state index in [1.54, 1.807) is 24.4 Å². The summed E-state index contributed by atoms with van der Waals surface area (Å²) in [6.07, 6.45) is 5.84. The van der Waals surface area contributed by atoms with Crippen LogP contribution in [0.15, 0.2) is 41.4 Å². The van der Waals surface area contributed by atoms with Gasteiger partial charge in [-0.15, -0.1) is 0 Å². The van der Waals surface area contributed by atoms with Crippen LogP contribution in [-0.2, 0) is 16.6 Å². The van der Waals surface area contributed by atoms with Gasteiger partial charge in [-0.2, -0.15) is 9.40 Å². The number of H-pyrrole nitrogens is 1. The maximum Gasteiger partial charge on any atom is 0.253 e. The number of hydrogen-bond acceptors (Lipinski definition) is 4. The van der Waals surface area contributed by atoms with E-state index in [0.717, 1.165) is 38.8 Å². The van der Waals surface area contributed by atoms with Crippen LogP contribution >= 0.6 is 0 Å². The first kappa shape index (κ1) is 18.6. The van der Waals surface area contributed by atoms with E-state index in [0.29, 0.717) is 11.3 Å². The molecule has 1 fully saturated rings. The molecule has 8 heteroatoms. The van der Waals surface area contributed by atoms with E-state index in [-0.39, 0.29) is 17.3 Å². The summed E-state index contributed by atoms with van der Waals surface area (Å²) in [7, 11) is -2.18. The normalized spacial score (nSPS) is 15.8. The summed E-state index contributed by atoms with van der Waals surface area (Å²) in [6, 6.07) is 8.04. The molecule has 1 N–H and O–H groups in total. The molecule has 2 aromatic rings. The van der Waals surface area contributed by atoms with Gasteiger partial charge in [-0.1, -0.05) is 18.9 Å². The van der Waals surface area contributed by atoms with Crippen molar-refractivity contribution in [1.82, 2.24) is 19.4 Å². The summed E-state index contributed by atoms with van der Waals surface area (Å²) >= 11 is 0. The number of rotatable bonds is 5. The van der Waals surface area contributed by atoms with Crippen molar-refractivity contribution in [2.75, 3.05) is 20.1 Å². The smallest absolute Gasteiger partial charge is 0.253 e. The minimum atomic E-state index is -3.69. The highest BCUT2D eigenvalue weighted by Crippen LogP contribution is 2.20. The van der Waals surface area contributed by atoms with Crippen molar-refractivity contribution in [3.8, 4) is 0 Å². The number of hydrogen-bond donors (Lipinski definition) is 1. The third kappa shape index (κ3) is 4.13. The summed E-state index contributed by atoms with van der Waals surface area (Å²) in [5.41, 5.74) is 1.12. The van der Waals surface area contributed by atoms with Crippen LogP contribution in [0.3, 0.4) is 0 Å². The first-order valence-electron chi connectivity index (χ1n) is 8.82. The number of aromatic amines is 1. The first-order valence-corrected chi connectivity index (χ1v) is 10.3. The van der Waals surface area contributed by atoms with Crippen molar-refractivity contribution in [2.45, 2.75) is 37.1 Å². The molecule has 1 saturated heterocycles. The van der Waals surface area contributed by atoms with Crippen LogP contribution in [0.2, 0.25) is 0 Å². The van der Waals surface area contributed by atoms with E-state index in [1.165, 1.54) is 23.5 Å². The average molecular weight is 376 g/mol. The number of nitrogens with zero attached hydrogens (tertiary/aromatic N) is 3. The molecule has 0 aliphatic carbocycles. The topological polar surface area (TPSA) is 86.4 Å². The largest absolute Gasteiger partial charge is 0.339 e. The monoisotopic (exact) mass is 376 g/mol. The molecule has 0 bridgehead atoms. The molecule has 1 aliphatic rings. The zero-order chi connectivity index (χ0) is 18.6. The number of nitrogens with one attached hydrogen (secondary N) is 1. The molecule has 0 atom stereocenters. The molecule has 2 heterocycles. The van der Waals surface area contributed by atoms with Gasteiger partial charge in [0.05, 0.1) is 17.1 Å². The van der Waals surface area contributed by atoms with Gasteiger partial charge >= 0.3 is 0 Å². The Morgan fingerprint density at radius 1 is 1.19 bits per heavy atom. The Labute approximate surface area is 154 Å². The lowest BCUT2D eigenvalue weighted by Crippen LogP contribution is -2.32. The van der Waals surface area contributed by atoms with Crippen LogP contribution in [0.5, 0.6) is 0 Å². The molecule has 1 aromatic heterocycles. The Kier molecular flexibility index (Phi) is 5.73. The highest BCUT2D eigenvalue weighted by atomic mass is 32.2. The molecule has 0 unspecified atom stereocenters. The second kappa shape index (κ2) is 8.01. The predicted molar refractivity (Wildman–Crippen MR) is 98.1 cm³/mol. The van der Waals surface area contributed by atoms with E-state index >= 15 is 0 Å². The Morgan fingerprint density at radius 2 is 1.92 bits per heavy atom. The van der Waals surface area contributed by atoms with Gasteiger partial charge < -0.3 is 4.90 Å². The molecule has 26 heavy (non-hydrogen) atoms. The number of amides is 1. The molecular formula is C18H24N4O3S. The van der Waals surface area contributed by atoms with Crippen molar-refractivity contribution >= 4 is 15.9 Å². The van der Waals surface area contributed by atoms with Crippen molar-refractivity contribution in [1.29, 1.82) is 0 Å². The highest BCUT2D eigenvalue weighted by molar-refractivity contribution is 7.89. The molecule has 140 valence electrons. The van der Waals surface area contributed by atoms with Gasteiger partial charge in [0, 0.05) is 31.9 Å². The minimum Gasteiger partial charge on any atom is -0.339 e. The van der Waals surface area contributed by atoms with E-state index in [1.807, 2.05) is 4.90 Å². The molecule has 0 saturated carbocycles. The van der Waals surface area contributed by atoms with Gasteiger partial charge in [0.15, 0.2) is 0 Å². The number of carbonyl (C=O) groups excluding carboxylic acids is 1. The third-order valence-corrected chi connectivity index (χ3v) is 6.43. The lowest BCUT2D eigenvalue weighted by molar-refractivity contribution is 0.0761. The lowest BCUT2D eigenvalue weighted by atomic mass is 10.2. The zero-order valence-electron chi connectivity index (χ0n) is 14.9. The maximum absolute atomic E-state index is 12.8. The number of likely N-dealkylation sites (tertiary alicyclic amines) is 1. The van der Waals surface area contributed by atoms with Gasteiger partial charge in [-0.3, -0.25) is 9.89 Å². The van der Waals surface area contributed by atoms with Gasteiger partial charge in [-0.05, 0) is 37.1 Å². The molecule has 1 amide bonds. The third-order valence-electron chi connectivity index (χ3n) is 4.63. The molecule has 0 spiro atoms. The summed E-state index contributed by atoms with van der Waals surface area (Å²) < 4.78 is 26.9. The fraction of sp³-hybridized carbons (Fsp3) is 0.444. The number of aromatic nitrogens is 2. The zero-order valence-corrected chi connectivity index (χ0v) is 15.7. The fourth-order valence-corrected chi connectivity index (χ4v) is 4.32. The van der Waals surface area contributed by atoms with Gasteiger partial charge in [-0.25, -0.2) is 8.42 Å². The van der Waals surface area contributed by atoms with Crippen molar-refractivity contribution in [3.05, 3.63) is 47.8 Å². The average Bonchev–Trinajstić information content (AvgIpc) is 3.00. The summed E-state index contributed by atoms with van der Waals surface area (Å²) in [4.78, 5) is 14.7. The van der Waals surface area contributed by atoms with E-state index < -0.39 is 10.0 Å². The van der Waals surface area contributed by atoms with Gasteiger partial charge in [0.2, 0.25) is 10.0 Å². The minimum absolute atomic E-state index is 0.0971. The summed E-state index contributed by atoms with van der Waals surface area (Å²) in [6.45, 7) is 1.65. The highest BCUT2D eigenvalue weighted by Gasteiger charge is 2.24. The standard InChI is InChI=1S/C18H24N4O3S/c1-21(14-16-9-10-19-20-16)26(24,25)17-8-6-7-15(13-17)18(23)22-11-4-2-3-5-12-22/h6-10,13H,2-5,11-12,14H2,1H3,(H,19,20). The van der Waals surface area contributed by atoms with Crippen LogP contribution in [-0.4, -0.2) is 53.9 Å². The van der Waals surface area contributed by atoms with Crippen molar-refractivity contribution < 1.29 is 13.2 Å². The fourth-order valence-electron chi connectivity index (χ4n) is 3.12. The molecule has 7 nitrogen and oxygen atoms in total. The van der Waals surface area contributed by atoms with Gasteiger partial charge in [0.25, 0.3) is 5.91 Å². The number of carbonyl (C=O) groups is 1. The second-order valence-corrected chi connectivity index (χ2v) is 8.62. The van der Waals surface area contributed by atoms with Crippen LogP contribution in [0.25, 0.3) is 0 Å². The lowest BCUT2D eigenvalue weighted by Gasteiger charge is -2.21. The second-order valence-electron chi connectivity index (χ2n) is 6.58. The number of benzene rings is 1. The summed E-state index contributed by atoms with van der Waals surface area (Å²) in [5, 5.41) is 6.58. The Morgan fingerprint density at radius 3 is 2.58 bits per heavy atom. The Balaban J connectivity index is 1.80. The van der Waals surface area contributed by atoms with Crippen molar-refractivity contribution in [3.63, 3.8) is 0 Å². The van der Waals surface area contributed by atoms with Crippen LogP contribution in [0.4, 0.5) is 0 Å². The summed E-state index contributed by atoms with van der Waals surface area (Å²) in [5.74, 6) is -0.0971. The van der Waals surface area contributed by atoms with E-state index in [4.69, 9.17) is 0 Å². The molecule has 3 rings (SSSR count). The molecule has 1 aromatic carbocycles. The SMILES string of the molecule is CN(Cc1ccn[nH]1)S(=O)(=O)c1cccc(C(=O)N2CCCCCC2)c1. The molecule has 0 radical (unpaired) electrons. The van der Waals surface area contributed by atoms with Crippen molar-refractivity contribution in [2.24, 2.45) is 0 Å². The predicted octanol–water partition coefficient (Wildman–Crippen LogP) is 2.25. The first-order chi connectivity index (χ1) is 12.5. The molecular weight excluding hydrogens is 352 g/mol. The van der Waals surface area contributed by atoms with E-state index in [9.17, 15) is 13.2 Å². The quantitative estimate of drug-likeness (QED) is 0.867. The molecule has 1 aliphatic heterocycles. The van der Waals surface area contributed by atoms with Gasteiger partial charge in [0.1, 0.15) is 0 Å². The van der Waals surface area contributed by atoms with Crippen LogP contribution in [0.1, 0.15) is 41.7 Å². The van der Waals surface area contributed by atoms with Crippen LogP contribution < -0.4 is 0 Å². The Hall–Kier alpha value is -2.19. The maximum atomic E-state index is 12.8. The van der Waals surface area contributed by atoms with Crippen LogP contribution in [0, 0.1) is 0 Å².